The van der Waals surface area contributed by atoms with E-state index >= 15 is 0 Å². The number of ether oxygens (including phenoxy) is 1. The number of thiophene rings is 1. The van der Waals surface area contributed by atoms with E-state index in [1.807, 2.05) is 11.3 Å². The first-order valence-corrected chi connectivity index (χ1v) is 8.05. The number of rotatable bonds is 6. The van der Waals surface area contributed by atoms with Gasteiger partial charge in [-0.2, -0.15) is 0 Å². The van der Waals surface area contributed by atoms with Crippen molar-refractivity contribution in [1.29, 1.82) is 0 Å². The van der Waals surface area contributed by atoms with Crippen LogP contribution in [0, 0.1) is 0 Å². The van der Waals surface area contributed by atoms with Crippen molar-refractivity contribution in [2.75, 3.05) is 13.2 Å². The van der Waals surface area contributed by atoms with Gasteiger partial charge in [0.05, 0.1) is 5.60 Å². The van der Waals surface area contributed by atoms with Crippen LogP contribution < -0.4 is 5.32 Å². The van der Waals surface area contributed by atoms with Crippen molar-refractivity contribution in [3.63, 3.8) is 0 Å². The van der Waals surface area contributed by atoms with Crippen LogP contribution in [0.4, 0.5) is 0 Å². The third-order valence-electron chi connectivity index (χ3n) is 4.17. The van der Waals surface area contributed by atoms with Crippen molar-refractivity contribution in [2.45, 2.75) is 57.6 Å². The van der Waals surface area contributed by atoms with Crippen LogP contribution in [0.3, 0.4) is 0 Å². The van der Waals surface area contributed by atoms with Gasteiger partial charge in [0, 0.05) is 24.1 Å². The molecular formula is C15H25NOS. The molecule has 102 valence electrons. The maximum atomic E-state index is 6.01. The summed E-state index contributed by atoms with van der Waals surface area (Å²) >= 11 is 1.85. The van der Waals surface area contributed by atoms with Crippen LogP contribution in [-0.2, 0) is 11.2 Å². The fourth-order valence-electron chi connectivity index (χ4n) is 2.80. The van der Waals surface area contributed by atoms with Crippen LogP contribution >= 0.6 is 11.3 Å². The van der Waals surface area contributed by atoms with E-state index in [1.54, 1.807) is 0 Å². The van der Waals surface area contributed by atoms with Gasteiger partial charge in [0.1, 0.15) is 0 Å². The SMILES string of the molecule is CCC1(CC)CC(NCCc2cccs2)CCO1. The number of hydrogen-bond acceptors (Lipinski definition) is 3. The average molecular weight is 267 g/mol. The highest BCUT2D eigenvalue weighted by Gasteiger charge is 2.33. The minimum atomic E-state index is 0.138. The van der Waals surface area contributed by atoms with Crippen molar-refractivity contribution >= 4 is 11.3 Å². The lowest BCUT2D eigenvalue weighted by Crippen LogP contribution is -2.46. The minimum Gasteiger partial charge on any atom is -0.375 e. The van der Waals surface area contributed by atoms with Crippen LogP contribution in [-0.4, -0.2) is 24.8 Å². The molecule has 1 aromatic heterocycles. The maximum Gasteiger partial charge on any atom is 0.0692 e. The van der Waals surface area contributed by atoms with Crippen molar-refractivity contribution < 1.29 is 4.74 Å². The van der Waals surface area contributed by atoms with Crippen LogP contribution in [0.25, 0.3) is 0 Å². The summed E-state index contributed by atoms with van der Waals surface area (Å²) in [6.45, 7) is 6.50. The molecule has 2 rings (SSSR count). The zero-order valence-electron chi connectivity index (χ0n) is 11.6. The van der Waals surface area contributed by atoms with Gasteiger partial charge in [0.15, 0.2) is 0 Å². The molecule has 3 heteroatoms. The molecule has 1 N–H and O–H groups in total. The summed E-state index contributed by atoms with van der Waals surface area (Å²) in [5.41, 5.74) is 0.138. The molecule has 0 saturated carbocycles. The lowest BCUT2D eigenvalue weighted by molar-refractivity contribution is -0.0929. The Bertz CT molecular complexity index is 332. The van der Waals surface area contributed by atoms with Gasteiger partial charge >= 0.3 is 0 Å². The molecule has 1 fully saturated rings. The first-order chi connectivity index (χ1) is 8.78. The zero-order valence-corrected chi connectivity index (χ0v) is 12.4. The van der Waals surface area contributed by atoms with E-state index in [2.05, 4.69) is 36.7 Å². The van der Waals surface area contributed by atoms with E-state index < -0.39 is 0 Å². The summed E-state index contributed by atoms with van der Waals surface area (Å²) in [7, 11) is 0. The Morgan fingerprint density at radius 3 is 2.94 bits per heavy atom. The van der Waals surface area contributed by atoms with E-state index in [1.165, 1.54) is 11.3 Å². The van der Waals surface area contributed by atoms with E-state index in [9.17, 15) is 0 Å². The van der Waals surface area contributed by atoms with Crippen LogP contribution in [0.1, 0.15) is 44.4 Å². The second-order valence-corrected chi connectivity index (χ2v) is 6.24. The predicted octanol–water partition coefficient (Wildman–Crippen LogP) is 3.62. The zero-order chi connectivity index (χ0) is 12.8. The standard InChI is InChI=1S/C15H25NOS/c1-3-15(4-2)12-13(8-10-17-15)16-9-7-14-6-5-11-18-14/h5-6,11,13,16H,3-4,7-10,12H2,1-2H3. The molecule has 0 aliphatic carbocycles. The van der Waals surface area contributed by atoms with Gasteiger partial charge in [0.25, 0.3) is 0 Å². The maximum absolute atomic E-state index is 6.01. The third-order valence-corrected chi connectivity index (χ3v) is 5.10. The highest BCUT2D eigenvalue weighted by molar-refractivity contribution is 7.09. The normalized spacial score (nSPS) is 23.1. The molecule has 1 saturated heterocycles. The van der Waals surface area contributed by atoms with Crippen molar-refractivity contribution in [3.8, 4) is 0 Å². The predicted molar refractivity (Wildman–Crippen MR) is 78.3 cm³/mol. The molecule has 0 bridgehead atoms. The first-order valence-electron chi connectivity index (χ1n) is 7.18. The summed E-state index contributed by atoms with van der Waals surface area (Å²) in [5, 5.41) is 5.87. The van der Waals surface area contributed by atoms with Crippen LogP contribution in [0.15, 0.2) is 17.5 Å². The van der Waals surface area contributed by atoms with E-state index in [4.69, 9.17) is 4.74 Å². The third kappa shape index (κ3) is 3.56. The molecule has 1 unspecified atom stereocenters. The van der Waals surface area contributed by atoms with E-state index in [-0.39, 0.29) is 5.60 Å². The molecule has 18 heavy (non-hydrogen) atoms. The fraction of sp³-hybridized carbons (Fsp3) is 0.733. The van der Waals surface area contributed by atoms with Gasteiger partial charge in [-0.3, -0.25) is 0 Å². The molecule has 1 atom stereocenters. The molecule has 1 aliphatic heterocycles. The van der Waals surface area contributed by atoms with Crippen LogP contribution in [0.5, 0.6) is 0 Å². The van der Waals surface area contributed by atoms with Crippen molar-refractivity contribution in [2.24, 2.45) is 0 Å². The highest BCUT2D eigenvalue weighted by Crippen LogP contribution is 2.31. The lowest BCUT2D eigenvalue weighted by Gasteiger charge is -2.40. The van der Waals surface area contributed by atoms with E-state index in [0.717, 1.165) is 38.8 Å². The summed E-state index contributed by atoms with van der Waals surface area (Å²) in [6.07, 6.45) is 5.75. The summed E-state index contributed by atoms with van der Waals surface area (Å²) in [4.78, 5) is 1.48. The van der Waals surface area contributed by atoms with Gasteiger partial charge in [-0.15, -0.1) is 11.3 Å². The summed E-state index contributed by atoms with van der Waals surface area (Å²) < 4.78 is 6.01. The Kier molecular flexibility index (Phi) is 5.22. The van der Waals surface area contributed by atoms with Gasteiger partial charge < -0.3 is 10.1 Å². The topological polar surface area (TPSA) is 21.3 Å². The monoisotopic (exact) mass is 267 g/mol. The second-order valence-electron chi connectivity index (χ2n) is 5.21. The first kappa shape index (κ1) is 14.0. The number of hydrogen-bond donors (Lipinski definition) is 1. The molecule has 0 spiro atoms. The van der Waals surface area contributed by atoms with Gasteiger partial charge in [-0.25, -0.2) is 0 Å². The van der Waals surface area contributed by atoms with E-state index in [0.29, 0.717) is 6.04 Å². The minimum absolute atomic E-state index is 0.138. The molecule has 1 aromatic rings. The van der Waals surface area contributed by atoms with Crippen molar-refractivity contribution in [3.05, 3.63) is 22.4 Å². The molecule has 2 nitrogen and oxygen atoms in total. The van der Waals surface area contributed by atoms with Crippen LogP contribution in [0.2, 0.25) is 0 Å². The highest BCUT2D eigenvalue weighted by atomic mass is 32.1. The molecule has 0 amide bonds. The molecular weight excluding hydrogens is 242 g/mol. The summed E-state index contributed by atoms with van der Waals surface area (Å²) in [6, 6.07) is 4.99. The van der Waals surface area contributed by atoms with Gasteiger partial charge in [-0.1, -0.05) is 19.9 Å². The Balaban J connectivity index is 1.75. The van der Waals surface area contributed by atoms with Crippen molar-refractivity contribution in [1.82, 2.24) is 5.32 Å². The average Bonchev–Trinajstić information content (AvgIpc) is 2.92. The number of nitrogens with one attached hydrogen (secondary N) is 1. The molecule has 2 heterocycles. The molecule has 0 radical (unpaired) electrons. The molecule has 1 aliphatic rings. The lowest BCUT2D eigenvalue weighted by atomic mass is 9.86. The second kappa shape index (κ2) is 6.69. The van der Waals surface area contributed by atoms with Gasteiger partial charge in [-0.05, 0) is 43.6 Å². The quantitative estimate of drug-likeness (QED) is 0.850. The summed E-state index contributed by atoms with van der Waals surface area (Å²) in [5.74, 6) is 0. The Hall–Kier alpha value is -0.380. The van der Waals surface area contributed by atoms with Gasteiger partial charge in [0.2, 0.25) is 0 Å². The smallest absolute Gasteiger partial charge is 0.0692 e. The fourth-order valence-corrected chi connectivity index (χ4v) is 3.51. The molecule has 0 aromatic carbocycles. The largest absolute Gasteiger partial charge is 0.375 e. The Morgan fingerprint density at radius 2 is 2.28 bits per heavy atom. The Morgan fingerprint density at radius 1 is 1.44 bits per heavy atom. The Labute approximate surface area is 115 Å².